The van der Waals surface area contributed by atoms with Gasteiger partial charge < -0.3 is 9.47 Å². The second-order valence-corrected chi connectivity index (χ2v) is 8.11. The van der Waals surface area contributed by atoms with Crippen molar-refractivity contribution < 1.29 is 14.3 Å². The van der Waals surface area contributed by atoms with Crippen LogP contribution < -0.4 is 14.9 Å². The molecule has 0 heterocycles. The average molecular weight is 473 g/mol. The van der Waals surface area contributed by atoms with E-state index in [0.29, 0.717) is 40.9 Å². The van der Waals surface area contributed by atoms with Crippen LogP contribution in [-0.2, 0) is 6.61 Å². The number of ether oxygens (including phenoxy) is 2. The molecule has 0 bridgehead atoms. The van der Waals surface area contributed by atoms with E-state index in [4.69, 9.17) is 21.1 Å². The van der Waals surface area contributed by atoms with Crippen LogP contribution in [0.15, 0.2) is 84.0 Å². The van der Waals surface area contributed by atoms with E-state index >= 15 is 0 Å². The van der Waals surface area contributed by atoms with Crippen molar-refractivity contribution in [2.45, 2.75) is 20.5 Å². The minimum atomic E-state index is -0.277. The summed E-state index contributed by atoms with van der Waals surface area (Å²) in [6, 6.07) is 25.1. The summed E-state index contributed by atoms with van der Waals surface area (Å²) in [6.07, 6.45) is 1.53. The van der Waals surface area contributed by atoms with Crippen molar-refractivity contribution >= 4 is 34.5 Å². The van der Waals surface area contributed by atoms with Gasteiger partial charge >= 0.3 is 0 Å². The highest BCUT2D eigenvalue weighted by atomic mass is 35.5. The summed E-state index contributed by atoms with van der Waals surface area (Å²) in [5.41, 5.74) is 5.74. The Kier molecular flexibility index (Phi) is 7.45. The zero-order chi connectivity index (χ0) is 23.9. The van der Waals surface area contributed by atoms with E-state index in [1.807, 2.05) is 56.3 Å². The fraction of sp³-hybridized carbons (Fsp3) is 0.143. The number of hydrogen-bond donors (Lipinski definition) is 1. The Balaban J connectivity index is 1.51. The van der Waals surface area contributed by atoms with Crippen molar-refractivity contribution in [2.24, 2.45) is 5.10 Å². The van der Waals surface area contributed by atoms with Gasteiger partial charge in [-0.15, -0.1) is 0 Å². The van der Waals surface area contributed by atoms with E-state index in [-0.39, 0.29) is 5.91 Å². The minimum absolute atomic E-state index is 0.277. The Labute approximate surface area is 204 Å². The zero-order valence-corrected chi connectivity index (χ0v) is 19.8. The maximum absolute atomic E-state index is 12.4. The Bertz CT molecular complexity index is 1350. The second kappa shape index (κ2) is 10.9. The second-order valence-electron chi connectivity index (χ2n) is 7.70. The number of fused-ring (bicyclic) bond motifs is 1. The third kappa shape index (κ3) is 5.38. The molecule has 34 heavy (non-hydrogen) atoms. The Hall–Kier alpha value is -3.83. The van der Waals surface area contributed by atoms with E-state index in [1.165, 1.54) is 6.21 Å². The van der Waals surface area contributed by atoms with E-state index in [9.17, 15) is 4.79 Å². The van der Waals surface area contributed by atoms with Crippen LogP contribution in [0.4, 0.5) is 0 Å². The molecule has 0 saturated carbocycles. The van der Waals surface area contributed by atoms with Gasteiger partial charge in [0.1, 0.15) is 6.61 Å². The summed E-state index contributed by atoms with van der Waals surface area (Å²) in [5, 5.41) is 6.76. The molecule has 4 aromatic rings. The number of nitrogens with zero attached hydrogens (tertiary/aromatic N) is 1. The summed E-state index contributed by atoms with van der Waals surface area (Å²) < 4.78 is 11.9. The molecule has 0 unspecified atom stereocenters. The minimum Gasteiger partial charge on any atom is -0.490 e. The van der Waals surface area contributed by atoms with E-state index in [0.717, 1.165) is 21.9 Å². The zero-order valence-electron chi connectivity index (χ0n) is 19.0. The molecular weight excluding hydrogens is 448 g/mol. The molecule has 4 aromatic carbocycles. The van der Waals surface area contributed by atoms with Crippen LogP contribution in [-0.4, -0.2) is 18.7 Å². The lowest BCUT2D eigenvalue weighted by Gasteiger charge is -2.15. The maximum atomic E-state index is 12.4. The number of carbonyl (C=O) groups excluding carboxylic acids is 1. The van der Waals surface area contributed by atoms with Gasteiger partial charge in [-0.25, -0.2) is 5.43 Å². The van der Waals surface area contributed by atoms with Crippen LogP contribution in [0.1, 0.15) is 34.0 Å². The fourth-order valence-corrected chi connectivity index (χ4v) is 3.96. The van der Waals surface area contributed by atoms with E-state index < -0.39 is 0 Å². The highest BCUT2D eigenvalue weighted by Gasteiger charge is 2.14. The number of amides is 1. The summed E-state index contributed by atoms with van der Waals surface area (Å²) in [6.45, 7) is 4.57. The van der Waals surface area contributed by atoms with Gasteiger partial charge in [-0.1, -0.05) is 72.3 Å². The summed E-state index contributed by atoms with van der Waals surface area (Å²) in [5.74, 6) is 0.708. The lowest BCUT2D eigenvalue weighted by molar-refractivity contribution is 0.0954. The molecule has 0 saturated heterocycles. The predicted molar refractivity (Wildman–Crippen MR) is 137 cm³/mol. The number of hydrazone groups is 1. The monoisotopic (exact) mass is 472 g/mol. The molecule has 5 nitrogen and oxygen atoms in total. The molecule has 172 valence electrons. The highest BCUT2D eigenvalue weighted by Crippen LogP contribution is 2.37. The molecule has 0 aliphatic rings. The molecule has 1 amide bonds. The van der Waals surface area contributed by atoms with Gasteiger partial charge in [0.15, 0.2) is 11.5 Å². The number of nitrogens with one attached hydrogen (secondary N) is 1. The quantitative estimate of drug-likeness (QED) is 0.234. The maximum Gasteiger partial charge on any atom is 0.271 e. The third-order valence-corrected chi connectivity index (χ3v) is 5.63. The van der Waals surface area contributed by atoms with Crippen LogP contribution >= 0.6 is 11.6 Å². The molecule has 1 N–H and O–H groups in total. The number of carbonyl (C=O) groups is 1. The normalized spacial score (nSPS) is 11.0. The van der Waals surface area contributed by atoms with Crippen LogP contribution in [0.2, 0.25) is 5.02 Å². The first-order chi connectivity index (χ1) is 16.6. The lowest BCUT2D eigenvalue weighted by Crippen LogP contribution is -2.18. The number of rotatable bonds is 8. The summed E-state index contributed by atoms with van der Waals surface area (Å²) in [4.78, 5) is 12.4. The van der Waals surface area contributed by atoms with Crippen molar-refractivity contribution in [3.8, 4) is 11.5 Å². The highest BCUT2D eigenvalue weighted by molar-refractivity contribution is 6.32. The fourth-order valence-electron chi connectivity index (χ4n) is 3.69. The van der Waals surface area contributed by atoms with Gasteiger partial charge in [0.25, 0.3) is 5.91 Å². The van der Waals surface area contributed by atoms with Crippen LogP contribution in [0, 0.1) is 6.92 Å². The third-order valence-electron chi connectivity index (χ3n) is 5.35. The summed E-state index contributed by atoms with van der Waals surface area (Å²) in [7, 11) is 0. The molecule has 0 atom stereocenters. The van der Waals surface area contributed by atoms with Gasteiger partial charge in [-0.05, 0) is 59.5 Å². The first kappa shape index (κ1) is 23.3. The molecule has 4 rings (SSSR count). The molecule has 0 aliphatic heterocycles. The molecule has 0 spiro atoms. The van der Waals surface area contributed by atoms with Crippen molar-refractivity contribution in [3.63, 3.8) is 0 Å². The van der Waals surface area contributed by atoms with Crippen molar-refractivity contribution in [1.82, 2.24) is 5.43 Å². The van der Waals surface area contributed by atoms with Gasteiger partial charge in [-0.3, -0.25) is 4.79 Å². The first-order valence-electron chi connectivity index (χ1n) is 11.0. The summed E-state index contributed by atoms with van der Waals surface area (Å²) >= 11 is 6.56. The van der Waals surface area contributed by atoms with Gasteiger partial charge in [0.05, 0.1) is 17.8 Å². The smallest absolute Gasteiger partial charge is 0.271 e. The average Bonchev–Trinajstić information content (AvgIpc) is 2.84. The van der Waals surface area contributed by atoms with E-state index in [1.54, 1.807) is 18.2 Å². The van der Waals surface area contributed by atoms with Crippen LogP contribution in [0.5, 0.6) is 11.5 Å². The molecular formula is C28H25ClN2O3. The van der Waals surface area contributed by atoms with Crippen molar-refractivity contribution in [3.05, 3.63) is 106 Å². The van der Waals surface area contributed by atoms with Gasteiger partial charge in [-0.2, -0.15) is 5.10 Å². The topological polar surface area (TPSA) is 59.9 Å². The molecule has 0 fully saturated rings. The number of benzene rings is 4. The number of hydrogen-bond acceptors (Lipinski definition) is 4. The SMILES string of the molecule is CCOc1cc(/C=N\NC(=O)c2ccccc2C)cc(Cl)c1OCc1cccc2ccccc12. The predicted octanol–water partition coefficient (Wildman–Crippen LogP) is 6.54. The molecule has 0 aromatic heterocycles. The van der Waals surface area contributed by atoms with Gasteiger partial charge in [0.2, 0.25) is 0 Å². The van der Waals surface area contributed by atoms with Crippen molar-refractivity contribution in [2.75, 3.05) is 6.61 Å². The van der Waals surface area contributed by atoms with E-state index in [2.05, 4.69) is 28.7 Å². The molecule has 0 radical (unpaired) electrons. The largest absolute Gasteiger partial charge is 0.490 e. The lowest BCUT2D eigenvalue weighted by atomic mass is 10.1. The first-order valence-corrected chi connectivity index (χ1v) is 11.4. The molecule has 6 heteroatoms. The van der Waals surface area contributed by atoms with Crippen LogP contribution in [0.25, 0.3) is 10.8 Å². The Morgan fingerprint density at radius 1 is 1.00 bits per heavy atom. The number of aryl methyl sites for hydroxylation is 1. The van der Waals surface area contributed by atoms with Gasteiger partial charge in [0, 0.05) is 5.56 Å². The Morgan fingerprint density at radius 2 is 1.76 bits per heavy atom. The standard InChI is InChI=1S/C28H25ClN2O3/c1-3-33-26-16-20(17-30-31-28(32)23-13-6-4-9-19(23)2)15-25(29)27(26)34-18-22-12-8-11-21-10-5-7-14-24(21)22/h4-17H,3,18H2,1-2H3,(H,31,32)/b30-17-. The molecule has 0 aliphatic carbocycles. The number of halogens is 1. The Morgan fingerprint density at radius 3 is 2.59 bits per heavy atom. The van der Waals surface area contributed by atoms with Crippen LogP contribution in [0.3, 0.4) is 0 Å². The van der Waals surface area contributed by atoms with Crippen molar-refractivity contribution in [1.29, 1.82) is 0 Å².